The third kappa shape index (κ3) is 3.03. The molecule has 88 valence electrons. The summed E-state index contributed by atoms with van der Waals surface area (Å²) in [6, 6.07) is 4.32. The molecule has 0 spiro atoms. The minimum absolute atomic E-state index is 0.0833. The molecule has 1 amide bonds. The van der Waals surface area contributed by atoms with E-state index in [1.165, 1.54) is 19.2 Å². The standard InChI is InChI=1S/C11H14ClNO3/c1-7(6-12)13-11(15)9-5-8(16-2)3-4-10(9)14/h3-5,7,14H,6H2,1-2H3,(H,13,15). The lowest BCUT2D eigenvalue weighted by atomic mass is 10.1. The maximum absolute atomic E-state index is 11.7. The van der Waals surface area contributed by atoms with Crippen molar-refractivity contribution in [3.8, 4) is 11.5 Å². The number of carbonyl (C=O) groups excluding carboxylic acids is 1. The SMILES string of the molecule is COc1ccc(O)c(C(=O)NC(C)CCl)c1. The summed E-state index contributed by atoms with van der Waals surface area (Å²) in [5.41, 5.74) is 0.177. The van der Waals surface area contributed by atoms with Crippen LogP contribution in [0.2, 0.25) is 0 Å². The molecular weight excluding hydrogens is 230 g/mol. The summed E-state index contributed by atoms with van der Waals surface area (Å²) in [6.07, 6.45) is 0. The molecular formula is C11H14ClNO3. The molecule has 2 N–H and O–H groups in total. The Morgan fingerprint density at radius 2 is 2.31 bits per heavy atom. The van der Waals surface area contributed by atoms with Crippen LogP contribution < -0.4 is 10.1 Å². The van der Waals surface area contributed by atoms with Gasteiger partial charge in [-0.05, 0) is 25.1 Å². The van der Waals surface area contributed by atoms with Gasteiger partial charge in [0.15, 0.2) is 0 Å². The molecule has 0 bridgehead atoms. The predicted octanol–water partition coefficient (Wildman–Crippen LogP) is 1.76. The van der Waals surface area contributed by atoms with Crippen LogP contribution in [0.3, 0.4) is 0 Å². The Hall–Kier alpha value is -1.42. The summed E-state index contributed by atoms with van der Waals surface area (Å²) in [6.45, 7) is 1.78. The van der Waals surface area contributed by atoms with Crippen molar-refractivity contribution < 1.29 is 14.6 Å². The van der Waals surface area contributed by atoms with E-state index in [1.807, 2.05) is 0 Å². The number of methoxy groups -OCH3 is 1. The number of alkyl halides is 1. The number of amides is 1. The molecule has 0 aliphatic rings. The lowest BCUT2D eigenvalue weighted by Gasteiger charge is -2.12. The molecule has 0 saturated carbocycles. The van der Waals surface area contributed by atoms with Crippen LogP contribution in [-0.4, -0.2) is 30.0 Å². The zero-order valence-corrected chi connectivity index (χ0v) is 9.91. The number of rotatable bonds is 4. The van der Waals surface area contributed by atoms with Crippen LogP contribution in [0.25, 0.3) is 0 Å². The van der Waals surface area contributed by atoms with Crippen LogP contribution >= 0.6 is 11.6 Å². The van der Waals surface area contributed by atoms with Gasteiger partial charge in [0.1, 0.15) is 11.5 Å². The number of aromatic hydroxyl groups is 1. The second-order valence-corrected chi connectivity index (χ2v) is 3.72. The van der Waals surface area contributed by atoms with E-state index in [2.05, 4.69) is 5.32 Å². The average molecular weight is 244 g/mol. The number of halogens is 1. The van der Waals surface area contributed by atoms with Gasteiger partial charge in [0, 0.05) is 11.9 Å². The molecule has 0 saturated heterocycles. The minimum Gasteiger partial charge on any atom is -0.507 e. The largest absolute Gasteiger partial charge is 0.507 e. The molecule has 1 aromatic carbocycles. The average Bonchev–Trinajstić information content (AvgIpc) is 2.29. The van der Waals surface area contributed by atoms with Crippen molar-refractivity contribution >= 4 is 17.5 Å². The van der Waals surface area contributed by atoms with Gasteiger partial charge in [0.25, 0.3) is 5.91 Å². The number of phenolic OH excluding ortho intramolecular Hbond substituents is 1. The summed E-state index contributed by atoms with van der Waals surface area (Å²) in [7, 11) is 1.50. The monoisotopic (exact) mass is 243 g/mol. The highest BCUT2D eigenvalue weighted by Gasteiger charge is 2.14. The summed E-state index contributed by atoms with van der Waals surface area (Å²) >= 11 is 5.58. The summed E-state index contributed by atoms with van der Waals surface area (Å²) in [5, 5.41) is 12.2. The van der Waals surface area contributed by atoms with Crippen LogP contribution in [0, 0.1) is 0 Å². The van der Waals surface area contributed by atoms with Gasteiger partial charge in [-0.15, -0.1) is 11.6 Å². The number of hydrogen-bond acceptors (Lipinski definition) is 3. The van der Waals surface area contributed by atoms with E-state index in [9.17, 15) is 9.90 Å². The van der Waals surface area contributed by atoms with Crippen molar-refractivity contribution in [2.45, 2.75) is 13.0 Å². The molecule has 0 heterocycles. The molecule has 0 fully saturated rings. The van der Waals surface area contributed by atoms with Crippen LogP contribution in [0.4, 0.5) is 0 Å². The van der Waals surface area contributed by atoms with Crippen LogP contribution in [-0.2, 0) is 0 Å². The van der Waals surface area contributed by atoms with E-state index in [0.29, 0.717) is 11.6 Å². The van der Waals surface area contributed by atoms with E-state index < -0.39 is 0 Å². The van der Waals surface area contributed by atoms with E-state index in [-0.39, 0.29) is 23.3 Å². The topological polar surface area (TPSA) is 58.6 Å². The van der Waals surface area contributed by atoms with Gasteiger partial charge in [0.05, 0.1) is 12.7 Å². The second-order valence-electron chi connectivity index (χ2n) is 3.41. The van der Waals surface area contributed by atoms with Gasteiger partial charge in [-0.3, -0.25) is 4.79 Å². The molecule has 5 heteroatoms. The molecule has 1 rings (SSSR count). The lowest BCUT2D eigenvalue weighted by molar-refractivity contribution is 0.0940. The van der Waals surface area contributed by atoms with E-state index in [0.717, 1.165) is 0 Å². The van der Waals surface area contributed by atoms with Crippen LogP contribution in [0.15, 0.2) is 18.2 Å². The minimum atomic E-state index is -0.371. The zero-order chi connectivity index (χ0) is 12.1. The molecule has 1 atom stereocenters. The molecule has 0 aliphatic heterocycles. The smallest absolute Gasteiger partial charge is 0.255 e. The fourth-order valence-corrected chi connectivity index (χ4v) is 1.24. The van der Waals surface area contributed by atoms with E-state index >= 15 is 0 Å². The Labute approximate surface area is 99.2 Å². The van der Waals surface area contributed by atoms with Gasteiger partial charge in [-0.2, -0.15) is 0 Å². The molecule has 0 aliphatic carbocycles. The number of ether oxygens (including phenoxy) is 1. The Kier molecular flexibility index (Phi) is 4.43. The number of phenols is 1. The number of nitrogens with one attached hydrogen (secondary N) is 1. The molecule has 16 heavy (non-hydrogen) atoms. The number of hydrogen-bond donors (Lipinski definition) is 2. The highest BCUT2D eigenvalue weighted by atomic mass is 35.5. The van der Waals surface area contributed by atoms with Gasteiger partial charge in [0.2, 0.25) is 0 Å². The van der Waals surface area contributed by atoms with Crippen LogP contribution in [0.5, 0.6) is 11.5 Å². The second kappa shape index (κ2) is 5.61. The Morgan fingerprint density at radius 3 is 2.88 bits per heavy atom. The molecule has 4 nitrogen and oxygen atoms in total. The third-order valence-corrected chi connectivity index (χ3v) is 2.52. The fraction of sp³-hybridized carbons (Fsp3) is 0.364. The summed E-state index contributed by atoms with van der Waals surface area (Å²) in [5.74, 6) is 0.377. The molecule has 0 radical (unpaired) electrons. The van der Waals surface area contributed by atoms with Crippen molar-refractivity contribution in [2.24, 2.45) is 0 Å². The summed E-state index contributed by atoms with van der Waals surface area (Å²) in [4.78, 5) is 11.7. The molecule has 0 aromatic heterocycles. The first-order valence-electron chi connectivity index (χ1n) is 4.82. The van der Waals surface area contributed by atoms with Gasteiger partial charge < -0.3 is 15.2 Å². The van der Waals surface area contributed by atoms with Gasteiger partial charge >= 0.3 is 0 Å². The lowest BCUT2D eigenvalue weighted by Crippen LogP contribution is -2.33. The number of benzene rings is 1. The van der Waals surface area contributed by atoms with Gasteiger partial charge in [-0.25, -0.2) is 0 Å². The maximum atomic E-state index is 11.7. The fourth-order valence-electron chi connectivity index (χ4n) is 1.16. The van der Waals surface area contributed by atoms with Crippen LogP contribution in [0.1, 0.15) is 17.3 Å². The van der Waals surface area contributed by atoms with Gasteiger partial charge in [-0.1, -0.05) is 0 Å². The molecule has 1 unspecified atom stereocenters. The maximum Gasteiger partial charge on any atom is 0.255 e. The quantitative estimate of drug-likeness (QED) is 0.793. The van der Waals surface area contributed by atoms with E-state index in [1.54, 1.807) is 13.0 Å². The highest BCUT2D eigenvalue weighted by Crippen LogP contribution is 2.22. The Bertz CT molecular complexity index is 381. The first kappa shape index (κ1) is 12.6. The van der Waals surface area contributed by atoms with Crippen molar-refractivity contribution in [3.05, 3.63) is 23.8 Å². The number of carbonyl (C=O) groups is 1. The first-order valence-corrected chi connectivity index (χ1v) is 5.35. The summed E-state index contributed by atoms with van der Waals surface area (Å²) < 4.78 is 4.97. The zero-order valence-electron chi connectivity index (χ0n) is 9.16. The van der Waals surface area contributed by atoms with Crippen molar-refractivity contribution in [1.82, 2.24) is 5.32 Å². The van der Waals surface area contributed by atoms with Crippen molar-refractivity contribution in [1.29, 1.82) is 0 Å². The molecule has 1 aromatic rings. The third-order valence-electron chi connectivity index (χ3n) is 2.06. The first-order chi connectivity index (χ1) is 7.58. The normalized spacial score (nSPS) is 11.9. The van der Waals surface area contributed by atoms with E-state index in [4.69, 9.17) is 16.3 Å². The Balaban J connectivity index is 2.89. The Morgan fingerprint density at radius 1 is 1.62 bits per heavy atom. The van der Waals surface area contributed by atoms with Crippen molar-refractivity contribution in [3.63, 3.8) is 0 Å². The van der Waals surface area contributed by atoms with Crippen molar-refractivity contribution in [2.75, 3.05) is 13.0 Å². The predicted molar refractivity (Wildman–Crippen MR) is 62.3 cm³/mol. The highest BCUT2D eigenvalue weighted by molar-refractivity contribution is 6.18.